The molecule has 1 aliphatic rings. The van der Waals surface area contributed by atoms with Crippen LogP contribution in [0.4, 0.5) is 11.4 Å². The number of carbonyl (C=O) groups excluding carboxylic acids is 2. The minimum atomic E-state index is -0.358. The van der Waals surface area contributed by atoms with Crippen molar-refractivity contribution in [3.63, 3.8) is 0 Å². The fraction of sp³-hybridized carbons (Fsp3) is 0.304. The van der Waals surface area contributed by atoms with Crippen LogP contribution in [0.15, 0.2) is 42.6 Å². The number of fused-ring (bicyclic) bond motifs is 1. The fourth-order valence-electron chi connectivity index (χ4n) is 3.61. The van der Waals surface area contributed by atoms with Crippen LogP contribution in [0, 0.1) is 6.92 Å². The van der Waals surface area contributed by atoms with Crippen molar-refractivity contribution in [3.05, 3.63) is 59.4 Å². The Balaban J connectivity index is 0.00000272. The average Bonchev–Trinajstić information content (AvgIpc) is 3.29. The van der Waals surface area contributed by atoms with Crippen molar-refractivity contribution in [1.82, 2.24) is 14.9 Å². The van der Waals surface area contributed by atoms with Gasteiger partial charge in [-0.05, 0) is 63.1 Å². The summed E-state index contributed by atoms with van der Waals surface area (Å²) in [5, 5.41) is 4.14. The predicted octanol–water partition coefficient (Wildman–Crippen LogP) is 4.52. The Labute approximate surface area is 187 Å². The number of carbonyl (C=O) groups is 2. The number of benzene rings is 1. The molecule has 0 spiro atoms. The van der Waals surface area contributed by atoms with Crippen LogP contribution in [0.25, 0.3) is 11.0 Å². The molecule has 0 unspecified atom stereocenters. The molecule has 1 saturated heterocycles. The Bertz CT molecular complexity index is 1100. The van der Waals surface area contributed by atoms with Crippen LogP contribution in [0.1, 0.15) is 46.2 Å². The van der Waals surface area contributed by atoms with Gasteiger partial charge in [0.25, 0.3) is 5.91 Å². The molecule has 162 valence electrons. The lowest BCUT2D eigenvalue weighted by Gasteiger charge is -2.19. The van der Waals surface area contributed by atoms with E-state index in [9.17, 15) is 9.59 Å². The second kappa shape index (κ2) is 9.75. The molecule has 0 saturated carbocycles. The van der Waals surface area contributed by atoms with Gasteiger partial charge >= 0.3 is 5.97 Å². The molecule has 0 aliphatic carbocycles. The zero-order valence-electron chi connectivity index (χ0n) is 17.6. The van der Waals surface area contributed by atoms with Crippen LogP contribution in [-0.2, 0) is 4.74 Å². The first-order valence-corrected chi connectivity index (χ1v) is 10.2. The van der Waals surface area contributed by atoms with E-state index in [1.165, 1.54) is 0 Å². The number of halogens is 1. The van der Waals surface area contributed by atoms with E-state index in [4.69, 9.17) is 4.74 Å². The van der Waals surface area contributed by atoms with E-state index in [0.717, 1.165) is 42.7 Å². The first kappa shape index (κ1) is 22.5. The van der Waals surface area contributed by atoms with E-state index in [0.29, 0.717) is 29.1 Å². The normalized spacial score (nSPS) is 13.0. The number of anilines is 2. The molecule has 4 rings (SSSR count). The number of amides is 1. The molecule has 3 aromatic rings. The third kappa shape index (κ3) is 4.77. The van der Waals surface area contributed by atoms with E-state index in [1.54, 1.807) is 37.4 Å². The van der Waals surface area contributed by atoms with Gasteiger partial charge in [0.05, 0.1) is 23.4 Å². The summed E-state index contributed by atoms with van der Waals surface area (Å²) < 4.78 is 5.04. The quantitative estimate of drug-likeness (QED) is 0.587. The minimum absolute atomic E-state index is 0. The Morgan fingerprint density at radius 2 is 1.81 bits per heavy atom. The zero-order valence-corrected chi connectivity index (χ0v) is 18.4. The third-order valence-electron chi connectivity index (χ3n) is 5.16. The van der Waals surface area contributed by atoms with Gasteiger partial charge in [-0.2, -0.15) is 0 Å². The number of aryl methyl sites for hydroxylation is 1. The Morgan fingerprint density at radius 3 is 2.48 bits per heavy atom. The maximum Gasteiger partial charge on any atom is 0.338 e. The predicted molar refractivity (Wildman–Crippen MR) is 122 cm³/mol. The molecule has 31 heavy (non-hydrogen) atoms. The monoisotopic (exact) mass is 440 g/mol. The number of esters is 1. The molecule has 7 nitrogen and oxygen atoms in total. The molecule has 2 aromatic heterocycles. The lowest BCUT2D eigenvalue weighted by Crippen LogP contribution is -2.28. The summed E-state index contributed by atoms with van der Waals surface area (Å²) in [6.45, 7) is 5.53. The third-order valence-corrected chi connectivity index (χ3v) is 5.16. The number of hydrogen-bond acceptors (Lipinski definition) is 6. The highest BCUT2D eigenvalue weighted by Gasteiger charge is 2.24. The van der Waals surface area contributed by atoms with Crippen LogP contribution in [-0.4, -0.2) is 46.4 Å². The van der Waals surface area contributed by atoms with Gasteiger partial charge < -0.3 is 15.0 Å². The number of likely N-dealkylation sites (tertiary alicyclic amines) is 1. The second-order valence-electron chi connectivity index (χ2n) is 7.29. The van der Waals surface area contributed by atoms with Gasteiger partial charge in [0.15, 0.2) is 5.65 Å². The first-order valence-electron chi connectivity index (χ1n) is 10.2. The smallest absolute Gasteiger partial charge is 0.338 e. The van der Waals surface area contributed by atoms with Gasteiger partial charge in [-0.15, -0.1) is 12.4 Å². The molecule has 1 aliphatic heterocycles. The highest BCUT2D eigenvalue weighted by molar-refractivity contribution is 6.07. The SMILES string of the molecule is CCOC(=O)c1ccc(Nc2c(C(=O)N3CCCC3)cnc3nc(C)ccc23)cc1.Cl. The van der Waals surface area contributed by atoms with Crippen molar-refractivity contribution in [3.8, 4) is 0 Å². The summed E-state index contributed by atoms with van der Waals surface area (Å²) in [5.41, 5.74) is 3.87. The molecule has 8 heteroatoms. The van der Waals surface area contributed by atoms with Gasteiger partial charge in [0.2, 0.25) is 0 Å². The Hall–Kier alpha value is -3.19. The highest BCUT2D eigenvalue weighted by atomic mass is 35.5. The van der Waals surface area contributed by atoms with Gasteiger partial charge in [0, 0.05) is 36.1 Å². The van der Waals surface area contributed by atoms with E-state index in [1.807, 2.05) is 24.0 Å². The average molecular weight is 441 g/mol. The van der Waals surface area contributed by atoms with E-state index >= 15 is 0 Å². The van der Waals surface area contributed by atoms with Crippen LogP contribution in [0.3, 0.4) is 0 Å². The van der Waals surface area contributed by atoms with Crippen molar-refractivity contribution in [2.24, 2.45) is 0 Å². The number of nitrogens with zero attached hydrogens (tertiary/aromatic N) is 3. The molecule has 1 aromatic carbocycles. The maximum atomic E-state index is 13.1. The van der Waals surface area contributed by atoms with Crippen LogP contribution >= 0.6 is 12.4 Å². The summed E-state index contributed by atoms with van der Waals surface area (Å²) in [6.07, 6.45) is 3.64. The molecule has 1 N–H and O–H groups in total. The minimum Gasteiger partial charge on any atom is -0.462 e. The Kier molecular flexibility index (Phi) is 7.07. The lowest BCUT2D eigenvalue weighted by molar-refractivity contribution is 0.0526. The van der Waals surface area contributed by atoms with Crippen LogP contribution in [0.2, 0.25) is 0 Å². The standard InChI is InChI=1S/C23H24N4O3.ClH/c1-3-30-23(29)16-7-9-17(10-8-16)26-20-18-11-6-15(2)25-21(18)24-14-19(20)22(28)27-12-4-5-13-27;/h6-11,14H,3-5,12-13H2,1-2H3,(H,24,25,26);1H. The lowest BCUT2D eigenvalue weighted by atomic mass is 10.1. The van der Waals surface area contributed by atoms with Gasteiger partial charge in [-0.25, -0.2) is 14.8 Å². The molecule has 0 atom stereocenters. The van der Waals surface area contributed by atoms with Gasteiger partial charge in [0.1, 0.15) is 0 Å². The molecule has 3 heterocycles. The molecule has 0 radical (unpaired) electrons. The summed E-state index contributed by atoms with van der Waals surface area (Å²) in [6, 6.07) is 10.8. The second-order valence-corrected chi connectivity index (χ2v) is 7.29. The number of aromatic nitrogens is 2. The van der Waals surface area contributed by atoms with Gasteiger partial charge in [-0.1, -0.05) is 0 Å². The molecule has 1 fully saturated rings. The summed E-state index contributed by atoms with van der Waals surface area (Å²) in [4.78, 5) is 35.8. The fourth-order valence-corrected chi connectivity index (χ4v) is 3.61. The van der Waals surface area contributed by atoms with Gasteiger partial charge in [-0.3, -0.25) is 4.79 Å². The summed E-state index contributed by atoms with van der Waals surface area (Å²) >= 11 is 0. The molecule has 1 amide bonds. The van der Waals surface area contributed by atoms with Crippen molar-refractivity contribution in [2.75, 3.05) is 25.0 Å². The van der Waals surface area contributed by atoms with Crippen LogP contribution < -0.4 is 5.32 Å². The van der Waals surface area contributed by atoms with Crippen molar-refractivity contribution in [1.29, 1.82) is 0 Å². The number of pyridine rings is 2. The van der Waals surface area contributed by atoms with Crippen LogP contribution in [0.5, 0.6) is 0 Å². The van der Waals surface area contributed by atoms with Crippen molar-refractivity contribution >= 4 is 46.7 Å². The maximum absolute atomic E-state index is 13.1. The van der Waals surface area contributed by atoms with Crippen molar-refractivity contribution < 1.29 is 14.3 Å². The summed E-state index contributed by atoms with van der Waals surface area (Å²) in [5.74, 6) is -0.392. The van der Waals surface area contributed by atoms with E-state index in [-0.39, 0.29) is 24.3 Å². The van der Waals surface area contributed by atoms with E-state index < -0.39 is 0 Å². The number of hydrogen-bond donors (Lipinski definition) is 1. The first-order chi connectivity index (χ1) is 14.6. The van der Waals surface area contributed by atoms with Crippen molar-refractivity contribution in [2.45, 2.75) is 26.7 Å². The number of ether oxygens (including phenoxy) is 1. The molecule has 0 bridgehead atoms. The number of nitrogens with one attached hydrogen (secondary N) is 1. The highest BCUT2D eigenvalue weighted by Crippen LogP contribution is 2.30. The molecular formula is C23H25ClN4O3. The Morgan fingerprint density at radius 1 is 1.10 bits per heavy atom. The number of rotatable bonds is 5. The van der Waals surface area contributed by atoms with E-state index in [2.05, 4.69) is 15.3 Å². The molecular weight excluding hydrogens is 416 g/mol. The zero-order chi connectivity index (χ0) is 21.1. The largest absolute Gasteiger partial charge is 0.462 e. The summed E-state index contributed by atoms with van der Waals surface area (Å²) in [7, 11) is 0. The topological polar surface area (TPSA) is 84.4 Å².